The topological polar surface area (TPSA) is 108 Å². The summed E-state index contributed by atoms with van der Waals surface area (Å²) < 4.78 is 15.9. The molecule has 0 atom stereocenters. The third kappa shape index (κ3) is 6.81. The van der Waals surface area contributed by atoms with Gasteiger partial charge in [-0.1, -0.05) is 13.0 Å². The lowest BCUT2D eigenvalue weighted by Gasteiger charge is -2.30. The molecule has 1 fully saturated rings. The van der Waals surface area contributed by atoms with Crippen molar-refractivity contribution in [1.82, 2.24) is 4.90 Å². The first-order valence-corrected chi connectivity index (χ1v) is 9.67. The zero-order valence-electron chi connectivity index (χ0n) is 16.9. The quantitative estimate of drug-likeness (QED) is 0.496. The fourth-order valence-corrected chi connectivity index (χ4v) is 2.97. The molecule has 0 radical (unpaired) electrons. The molecule has 2 rings (SSSR count). The minimum atomic E-state index is -0.615. The van der Waals surface area contributed by atoms with Gasteiger partial charge in [0.05, 0.1) is 13.7 Å². The minimum absolute atomic E-state index is 0.194. The van der Waals surface area contributed by atoms with Gasteiger partial charge in [0.2, 0.25) is 5.91 Å². The van der Waals surface area contributed by atoms with Crippen LogP contribution in [0.15, 0.2) is 24.3 Å². The molecule has 0 aromatic heterocycles. The number of nitrogens with two attached hydrogens (primary N) is 1. The molecule has 0 bridgehead atoms. The van der Waals surface area contributed by atoms with E-state index in [9.17, 15) is 14.4 Å². The highest BCUT2D eigenvalue weighted by Gasteiger charge is 2.26. The average Bonchev–Trinajstić information content (AvgIpc) is 2.74. The number of amides is 2. The Kier molecular flexibility index (Phi) is 8.51. The van der Waals surface area contributed by atoms with Gasteiger partial charge in [0.15, 0.2) is 18.1 Å². The second kappa shape index (κ2) is 11.1. The predicted molar refractivity (Wildman–Crippen MR) is 107 cm³/mol. The van der Waals surface area contributed by atoms with Crippen molar-refractivity contribution in [3.63, 3.8) is 0 Å². The first kappa shape index (κ1) is 22.3. The largest absolute Gasteiger partial charge is 0.493 e. The van der Waals surface area contributed by atoms with Crippen LogP contribution in [0.4, 0.5) is 0 Å². The molecule has 1 aliphatic rings. The Hall–Kier alpha value is -3.03. The van der Waals surface area contributed by atoms with Crippen LogP contribution in [0.3, 0.4) is 0 Å². The van der Waals surface area contributed by atoms with Crippen molar-refractivity contribution in [2.75, 3.05) is 33.4 Å². The summed E-state index contributed by atoms with van der Waals surface area (Å²) in [4.78, 5) is 36.8. The highest BCUT2D eigenvalue weighted by Crippen LogP contribution is 2.28. The number of benzene rings is 1. The van der Waals surface area contributed by atoms with E-state index in [1.165, 1.54) is 6.08 Å². The van der Waals surface area contributed by atoms with Gasteiger partial charge in [-0.25, -0.2) is 4.79 Å². The van der Waals surface area contributed by atoms with E-state index < -0.39 is 5.97 Å². The highest BCUT2D eigenvalue weighted by molar-refractivity contribution is 5.89. The molecule has 0 spiro atoms. The number of nitrogens with zero attached hydrogens (tertiary/aromatic N) is 1. The average molecular weight is 404 g/mol. The Morgan fingerprint density at radius 3 is 2.55 bits per heavy atom. The van der Waals surface area contributed by atoms with Crippen molar-refractivity contribution >= 4 is 23.9 Å². The molecule has 29 heavy (non-hydrogen) atoms. The summed E-state index contributed by atoms with van der Waals surface area (Å²) in [5, 5.41) is 0. The molecule has 1 aromatic rings. The first-order valence-electron chi connectivity index (χ1n) is 9.67. The predicted octanol–water partition coefficient (Wildman–Crippen LogP) is 1.76. The molecule has 2 amide bonds. The first-order chi connectivity index (χ1) is 13.9. The molecule has 1 aromatic carbocycles. The highest BCUT2D eigenvalue weighted by atomic mass is 16.5. The third-order valence-corrected chi connectivity index (χ3v) is 4.65. The smallest absolute Gasteiger partial charge is 0.331 e. The number of primary amides is 1. The van der Waals surface area contributed by atoms with Crippen molar-refractivity contribution in [1.29, 1.82) is 0 Å². The molecule has 0 saturated carbocycles. The van der Waals surface area contributed by atoms with Crippen LogP contribution < -0.4 is 15.2 Å². The molecule has 158 valence electrons. The molecular weight excluding hydrogens is 376 g/mol. The van der Waals surface area contributed by atoms with Crippen LogP contribution in [0.2, 0.25) is 0 Å². The molecule has 1 aliphatic heterocycles. The molecule has 2 N–H and O–H groups in total. The van der Waals surface area contributed by atoms with Crippen LogP contribution in [0.5, 0.6) is 11.5 Å². The monoisotopic (exact) mass is 404 g/mol. The lowest BCUT2D eigenvalue weighted by atomic mass is 9.96. The van der Waals surface area contributed by atoms with Crippen molar-refractivity contribution in [2.24, 2.45) is 11.7 Å². The number of carbonyl (C=O) groups excluding carboxylic acids is 3. The van der Waals surface area contributed by atoms with Gasteiger partial charge in [-0.15, -0.1) is 0 Å². The number of esters is 1. The van der Waals surface area contributed by atoms with Gasteiger partial charge < -0.3 is 24.8 Å². The lowest BCUT2D eigenvalue weighted by molar-refractivity contribution is -0.149. The second-order valence-corrected chi connectivity index (χ2v) is 6.76. The Bertz CT molecular complexity index is 754. The Labute approximate surface area is 170 Å². The zero-order chi connectivity index (χ0) is 21.2. The van der Waals surface area contributed by atoms with E-state index in [1.54, 1.807) is 36.3 Å². The summed E-state index contributed by atoms with van der Waals surface area (Å²) in [6, 6.07) is 5.33. The van der Waals surface area contributed by atoms with E-state index in [-0.39, 0.29) is 24.3 Å². The Morgan fingerprint density at radius 1 is 1.21 bits per heavy atom. The van der Waals surface area contributed by atoms with Crippen LogP contribution in [-0.4, -0.2) is 56.1 Å². The van der Waals surface area contributed by atoms with Crippen molar-refractivity contribution < 1.29 is 28.6 Å². The molecule has 0 unspecified atom stereocenters. The molecular formula is C21H28N2O6. The van der Waals surface area contributed by atoms with Gasteiger partial charge in [0.25, 0.3) is 5.91 Å². The fraction of sp³-hybridized carbons (Fsp3) is 0.476. The molecule has 8 heteroatoms. The summed E-state index contributed by atoms with van der Waals surface area (Å²) in [5.41, 5.74) is 6.02. The maximum absolute atomic E-state index is 12.1. The summed E-state index contributed by atoms with van der Waals surface area (Å²) in [6.07, 6.45) is 4.80. The van der Waals surface area contributed by atoms with Crippen LogP contribution in [0.1, 0.15) is 31.7 Å². The number of likely N-dealkylation sites (tertiary alicyclic amines) is 1. The third-order valence-electron chi connectivity index (χ3n) is 4.65. The van der Waals surface area contributed by atoms with Crippen LogP contribution >= 0.6 is 0 Å². The van der Waals surface area contributed by atoms with E-state index in [1.807, 2.05) is 6.92 Å². The van der Waals surface area contributed by atoms with Gasteiger partial charge >= 0.3 is 5.97 Å². The van der Waals surface area contributed by atoms with Crippen molar-refractivity contribution in [3.8, 4) is 11.5 Å². The van der Waals surface area contributed by atoms with Gasteiger partial charge in [-0.2, -0.15) is 0 Å². The summed E-state index contributed by atoms with van der Waals surface area (Å²) >= 11 is 0. The number of piperidine rings is 1. The fourth-order valence-electron chi connectivity index (χ4n) is 2.97. The number of rotatable bonds is 9. The minimum Gasteiger partial charge on any atom is -0.493 e. The van der Waals surface area contributed by atoms with Gasteiger partial charge in [-0.3, -0.25) is 9.59 Å². The van der Waals surface area contributed by atoms with Crippen molar-refractivity contribution in [2.45, 2.75) is 26.2 Å². The maximum Gasteiger partial charge on any atom is 0.331 e. The molecule has 1 saturated heterocycles. The van der Waals surface area contributed by atoms with Gasteiger partial charge in [0.1, 0.15) is 0 Å². The maximum atomic E-state index is 12.1. The number of carbonyl (C=O) groups is 3. The molecule has 8 nitrogen and oxygen atoms in total. The van der Waals surface area contributed by atoms with Crippen LogP contribution in [-0.2, 0) is 19.1 Å². The Morgan fingerprint density at radius 2 is 1.93 bits per heavy atom. The second-order valence-electron chi connectivity index (χ2n) is 6.76. The normalized spacial score (nSPS) is 14.6. The lowest BCUT2D eigenvalue weighted by Crippen LogP contribution is -2.43. The van der Waals surface area contributed by atoms with E-state index in [2.05, 4.69) is 0 Å². The van der Waals surface area contributed by atoms with E-state index in [0.717, 1.165) is 12.0 Å². The standard InChI is InChI=1S/C21H28N2O6/c1-3-12-28-17-6-4-15(13-18(17)27-2)5-7-20(25)29-14-19(24)23-10-8-16(9-11-23)21(22)26/h4-7,13,16H,3,8-12,14H2,1-2H3,(H2,22,26)/b7-5+. The SMILES string of the molecule is CCCOc1ccc(/C=C/C(=O)OCC(=O)N2CCC(C(N)=O)CC2)cc1OC. The van der Waals surface area contributed by atoms with E-state index in [4.69, 9.17) is 19.9 Å². The number of hydrogen-bond donors (Lipinski definition) is 1. The summed E-state index contributed by atoms with van der Waals surface area (Å²) in [6.45, 7) is 3.14. The zero-order valence-corrected chi connectivity index (χ0v) is 16.9. The number of hydrogen-bond acceptors (Lipinski definition) is 6. The van der Waals surface area contributed by atoms with E-state index >= 15 is 0 Å². The van der Waals surface area contributed by atoms with Gasteiger partial charge in [-0.05, 0) is 43.0 Å². The molecule has 1 heterocycles. The number of ether oxygens (including phenoxy) is 3. The summed E-state index contributed by atoms with van der Waals surface area (Å²) in [7, 11) is 1.55. The van der Waals surface area contributed by atoms with E-state index in [0.29, 0.717) is 44.0 Å². The van der Waals surface area contributed by atoms with Crippen LogP contribution in [0, 0.1) is 5.92 Å². The van der Waals surface area contributed by atoms with Crippen LogP contribution in [0.25, 0.3) is 6.08 Å². The van der Waals surface area contributed by atoms with Crippen molar-refractivity contribution in [3.05, 3.63) is 29.8 Å². The Balaban J connectivity index is 1.82. The molecule has 0 aliphatic carbocycles. The summed E-state index contributed by atoms with van der Waals surface area (Å²) in [5.74, 6) is -0.219. The number of methoxy groups -OCH3 is 1. The van der Waals surface area contributed by atoms with Gasteiger partial charge in [0, 0.05) is 25.1 Å².